The number of rotatable bonds is 1. The number of amides is 2. The van der Waals surface area contributed by atoms with Crippen LogP contribution >= 0.6 is 22.9 Å². The molecule has 20 heavy (non-hydrogen) atoms. The number of carbonyl (C=O) groups excluding carboxylic acids is 2. The van der Waals surface area contributed by atoms with E-state index in [4.69, 9.17) is 17.3 Å². The summed E-state index contributed by atoms with van der Waals surface area (Å²) in [5, 5.41) is 4.12. The van der Waals surface area contributed by atoms with Crippen molar-refractivity contribution in [2.75, 3.05) is 25.4 Å². The number of anilines is 1. The minimum Gasteiger partial charge on any atom is -0.397 e. The van der Waals surface area contributed by atoms with Crippen LogP contribution in [-0.4, -0.2) is 36.3 Å². The van der Waals surface area contributed by atoms with Gasteiger partial charge in [-0.15, -0.1) is 11.3 Å². The van der Waals surface area contributed by atoms with Crippen LogP contribution in [0.15, 0.2) is 18.2 Å². The van der Waals surface area contributed by atoms with Crippen molar-refractivity contribution in [3.05, 3.63) is 28.1 Å². The maximum Gasteiger partial charge on any atom is 0.266 e. The molecule has 2 heterocycles. The summed E-state index contributed by atoms with van der Waals surface area (Å²) in [6.07, 6.45) is 0. The number of benzene rings is 1. The van der Waals surface area contributed by atoms with Crippen molar-refractivity contribution in [2.24, 2.45) is 0 Å². The molecule has 1 fully saturated rings. The number of halogens is 1. The van der Waals surface area contributed by atoms with Crippen molar-refractivity contribution in [2.45, 2.75) is 0 Å². The number of piperazine rings is 1. The largest absolute Gasteiger partial charge is 0.397 e. The first-order valence-electron chi connectivity index (χ1n) is 6.10. The second-order valence-corrected chi connectivity index (χ2v) is 6.05. The first-order valence-corrected chi connectivity index (χ1v) is 7.29. The predicted octanol–water partition coefficient (Wildman–Crippen LogP) is 1.71. The van der Waals surface area contributed by atoms with Gasteiger partial charge < -0.3 is 16.0 Å². The molecule has 2 amide bonds. The molecule has 3 N–H and O–H groups in total. The van der Waals surface area contributed by atoms with Gasteiger partial charge in [-0.3, -0.25) is 9.59 Å². The van der Waals surface area contributed by atoms with Gasteiger partial charge in [-0.1, -0.05) is 11.6 Å². The van der Waals surface area contributed by atoms with E-state index in [1.165, 1.54) is 16.2 Å². The van der Waals surface area contributed by atoms with Gasteiger partial charge in [-0.25, -0.2) is 0 Å². The van der Waals surface area contributed by atoms with Gasteiger partial charge in [-0.05, 0) is 18.2 Å². The van der Waals surface area contributed by atoms with Gasteiger partial charge in [0, 0.05) is 28.2 Å². The summed E-state index contributed by atoms with van der Waals surface area (Å²) >= 11 is 7.25. The maximum atomic E-state index is 12.5. The molecule has 0 spiro atoms. The van der Waals surface area contributed by atoms with Gasteiger partial charge in [0.25, 0.3) is 5.91 Å². The highest BCUT2D eigenvalue weighted by Crippen LogP contribution is 2.35. The number of thiophene rings is 1. The molecule has 3 rings (SSSR count). The lowest BCUT2D eigenvalue weighted by molar-refractivity contribution is -0.123. The van der Waals surface area contributed by atoms with Crippen LogP contribution in [0.4, 0.5) is 5.69 Å². The van der Waals surface area contributed by atoms with Crippen molar-refractivity contribution in [1.29, 1.82) is 0 Å². The molecular formula is C13H12ClN3O2S. The van der Waals surface area contributed by atoms with E-state index in [1.54, 1.807) is 12.1 Å². The van der Waals surface area contributed by atoms with Gasteiger partial charge in [0.1, 0.15) is 4.88 Å². The molecule has 1 aromatic carbocycles. The Morgan fingerprint density at radius 3 is 3.00 bits per heavy atom. The molecule has 1 saturated heterocycles. The summed E-state index contributed by atoms with van der Waals surface area (Å²) in [6, 6.07) is 5.34. The Hall–Kier alpha value is -1.79. The van der Waals surface area contributed by atoms with Crippen LogP contribution in [0.2, 0.25) is 5.02 Å². The molecule has 0 unspecified atom stereocenters. The zero-order chi connectivity index (χ0) is 14.3. The summed E-state index contributed by atoms with van der Waals surface area (Å²) in [5.41, 5.74) is 6.51. The zero-order valence-electron chi connectivity index (χ0n) is 10.5. The highest BCUT2D eigenvalue weighted by Gasteiger charge is 2.26. The van der Waals surface area contributed by atoms with E-state index in [0.29, 0.717) is 28.7 Å². The fourth-order valence-electron chi connectivity index (χ4n) is 2.20. The van der Waals surface area contributed by atoms with E-state index in [2.05, 4.69) is 5.32 Å². The minimum absolute atomic E-state index is 0.0767. The lowest BCUT2D eigenvalue weighted by Gasteiger charge is -2.26. The molecule has 104 valence electrons. The third-order valence-corrected chi connectivity index (χ3v) is 4.60. The Balaban J connectivity index is 1.99. The molecule has 1 aliphatic heterocycles. The number of fused-ring (bicyclic) bond motifs is 1. The smallest absolute Gasteiger partial charge is 0.266 e. The molecule has 7 heteroatoms. The summed E-state index contributed by atoms with van der Waals surface area (Å²) in [7, 11) is 0. The fourth-order valence-corrected chi connectivity index (χ4v) is 3.57. The summed E-state index contributed by atoms with van der Waals surface area (Å²) in [5.74, 6) is -0.345. The van der Waals surface area contributed by atoms with Gasteiger partial charge in [0.05, 0.1) is 12.2 Å². The number of nitrogens with one attached hydrogen (secondary N) is 1. The molecule has 1 aromatic heterocycles. The number of nitrogens with two attached hydrogens (primary N) is 1. The maximum absolute atomic E-state index is 12.5. The second-order valence-electron chi connectivity index (χ2n) is 4.56. The summed E-state index contributed by atoms with van der Waals surface area (Å²) < 4.78 is 0.875. The van der Waals surface area contributed by atoms with Gasteiger partial charge in [-0.2, -0.15) is 0 Å². The molecule has 1 aliphatic rings. The molecule has 0 atom stereocenters. The Morgan fingerprint density at radius 1 is 1.45 bits per heavy atom. The van der Waals surface area contributed by atoms with Crippen molar-refractivity contribution < 1.29 is 9.59 Å². The Kier molecular flexibility index (Phi) is 3.27. The topological polar surface area (TPSA) is 75.4 Å². The lowest BCUT2D eigenvalue weighted by Crippen LogP contribution is -2.49. The van der Waals surface area contributed by atoms with E-state index in [-0.39, 0.29) is 18.4 Å². The predicted molar refractivity (Wildman–Crippen MR) is 80.2 cm³/mol. The molecule has 2 aromatic rings. The summed E-state index contributed by atoms with van der Waals surface area (Å²) in [6.45, 7) is 1.05. The van der Waals surface area contributed by atoms with Crippen LogP contribution < -0.4 is 11.1 Å². The van der Waals surface area contributed by atoms with Gasteiger partial charge in [0.2, 0.25) is 5.91 Å². The standard InChI is InChI=1S/C13H12ClN3O2S/c14-7-1-2-8-9(5-7)20-12(11(8)15)13(19)17-4-3-16-10(18)6-17/h1-2,5H,3-4,6,15H2,(H,16,18). The molecular weight excluding hydrogens is 298 g/mol. The lowest BCUT2D eigenvalue weighted by atomic mass is 10.2. The number of nitrogen functional groups attached to an aromatic ring is 1. The first-order chi connectivity index (χ1) is 9.56. The number of nitrogens with zero attached hydrogens (tertiary/aromatic N) is 1. The van der Waals surface area contributed by atoms with E-state index in [9.17, 15) is 9.59 Å². The SMILES string of the molecule is Nc1c(C(=O)N2CCNC(=O)C2)sc2cc(Cl)ccc12. The Labute approximate surface area is 124 Å². The second kappa shape index (κ2) is 4.96. The third-order valence-electron chi connectivity index (χ3n) is 3.21. The average molecular weight is 310 g/mol. The van der Waals surface area contributed by atoms with E-state index < -0.39 is 0 Å². The number of carbonyl (C=O) groups is 2. The molecule has 0 radical (unpaired) electrons. The van der Waals surface area contributed by atoms with Crippen LogP contribution in [0.3, 0.4) is 0 Å². The third kappa shape index (κ3) is 2.21. The van der Waals surface area contributed by atoms with E-state index in [1.807, 2.05) is 6.07 Å². The summed E-state index contributed by atoms with van der Waals surface area (Å²) in [4.78, 5) is 25.8. The molecule has 0 saturated carbocycles. The van der Waals surface area contributed by atoms with E-state index in [0.717, 1.165) is 10.1 Å². The highest BCUT2D eigenvalue weighted by molar-refractivity contribution is 7.21. The average Bonchev–Trinajstić information content (AvgIpc) is 2.74. The zero-order valence-corrected chi connectivity index (χ0v) is 12.1. The minimum atomic E-state index is -0.199. The molecule has 5 nitrogen and oxygen atoms in total. The van der Waals surface area contributed by atoms with Gasteiger partial charge in [0.15, 0.2) is 0 Å². The number of hydrogen-bond donors (Lipinski definition) is 2. The van der Waals surface area contributed by atoms with Crippen molar-refractivity contribution in [3.8, 4) is 0 Å². The van der Waals surface area contributed by atoms with Crippen LogP contribution in [-0.2, 0) is 4.79 Å². The van der Waals surface area contributed by atoms with Crippen molar-refractivity contribution in [3.63, 3.8) is 0 Å². The van der Waals surface area contributed by atoms with Crippen LogP contribution in [0.1, 0.15) is 9.67 Å². The quantitative estimate of drug-likeness (QED) is 0.842. The van der Waals surface area contributed by atoms with Crippen molar-refractivity contribution >= 4 is 50.5 Å². The van der Waals surface area contributed by atoms with E-state index >= 15 is 0 Å². The normalized spacial score (nSPS) is 15.4. The van der Waals surface area contributed by atoms with Crippen LogP contribution in [0.25, 0.3) is 10.1 Å². The molecule has 0 bridgehead atoms. The highest BCUT2D eigenvalue weighted by atomic mass is 35.5. The monoisotopic (exact) mass is 309 g/mol. The Morgan fingerprint density at radius 2 is 2.25 bits per heavy atom. The number of hydrogen-bond acceptors (Lipinski definition) is 4. The molecule has 0 aliphatic carbocycles. The van der Waals surface area contributed by atoms with Crippen LogP contribution in [0, 0.1) is 0 Å². The van der Waals surface area contributed by atoms with Crippen molar-refractivity contribution in [1.82, 2.24) is 10.2 Å². The van der Waals surface area contributed by atoms with Gasteiger partial charge >= 0.3 is 0 Å². The first kappa shape index (κ1) is 13.2. The Bertz CT molecular complexity index is 713. The fraction of sp³-hybridized carbons (Fsp3) is 0.231. The van der Waals surface area contributed by atoms with Crippen LogP contribution in [0.5, 0.6) is 0 Å².